The molecule has 5 heteroatoms. The first-order chi connectivity index (χ1) is 17.1. The van der Waals surface area contributed by atoms with Gasteiger partial charge in [0.2, 0.25) is 0 Å². The molecule has 0 bridgehead atoms. The highest BCUT2D eigenvalue weighted by atomic mass is 35.5. The molecular weight excluding hydrogens is 452 g/mol. The number of rotatable bonds is 9. The van der Waals surface area contributed by atoms with Crippen molar-refractivity contribution in [3.8, 4) is 17.8 Å². The molecule has 0 radical (unpaired) electrons. The zero-order valence-corrected chi connectivity index (χ0v) is 20.4. The summed E-state index contributed by atoms with van der Waals surface area (Å²) in [6.45, 7) is 2.15. The number of nitriles is 2. The molecule has 35 heavy (non-hydrogen) atoms. The van der Waals surface area contributed by atoms with Crippen LogP contribution in [0.2, 0.25) is 5.02 Å². The average molecular weight is 479 g/mol. The van der Waals surface area contributed by atoms with E-state index in [9.17, 15) is 10.5 Å². The third kappa shape index (κ3) is 6.19. The monoisotopic (exact) mass is 478 g/mol. The second kappa shape index (κ2) is 11.5. The van der Waals surface area contributed by atoms with E-state index < -0.39 is 0 Å². The summed E-state index contributed by atoms with van der Waals surface area (Å²) in [6, 6.07) is 32.5. The molecule has 4 aromatic rings. The van der Waals surface area contributed by atoms with Gasteiger partial charge in [-0.25, -0.2) is 0 Å². The van der Waals surface area contributed by atoms with Crippen LogP contribution in [-0.4, -0.2) is 10.6 Å². The lowest BCUT2D eigenvalue weighted by Gasteiger charge is -2.30. The number of aromatic nitrogens is 1. The smallest absolute Gasteiger partial charge is 0.0991 e. The summed E-state index contributed by atoms with van der Waals surface area (Å²) in [5.74, 6) is 0.102. The number of benzene rings is 3. The lowest BCUT2D eigenvalue weighted by Crippen LogP contribution is -2.36. The zero-order valence-electron chi connectivity index (χ0n) is 19.6. The van der Waals surface area contributed by atoms with Gasteiger partial charge in [-0.3, -0.25) is 0 Å². The summed E-state index contributed by atoms with van der Waals surface area (Å²) in [7, 11) is 0. The minimum absolute atomic E-state index is 0.0436. The first-order valence-electron chi connectivity index (χ1n) is 11.7. The molecular formula is C30H27ClN4. The molecule has 4 nitrogen and oxygen atoms in total. The van der Waals surface area contributed by atoms with Gasteiger partial charge in [0, 0.05) is 41.1 Å². The molecule has 2 unspecified atom stereocenters. The van der Waals surface area contributed by atoms with Crippen LogP contribution in [0.15, 0.2) is 97.3 Å². The molecule has 3 atom stereocenters. The van der Waals surface area contributed by atoms with Crippen molar-refractivity contribution in [2.75, 3.05) is 0 Å². The molecule has 0 aliphatic heterocycles. The number of hydrogen-bond acceptors (Lipinski definition) is 3. The van der Waals surface area contributed by atoms with Crippen molar-refractivity contribution in [2.24, 2.45) is 0 Å². The standard InChI is InChI=1S/C30H27ClN4/c1-22(34-30(15-16-32)25-9-13-28(14-10-25)35-17-2-3-18-35)29(20-23-7-11-27(31)12-8-23)26-6-4-5-24(19-26)21-33/h2-14,17-19,22,29-30,34H,15,20H2,1H3/t22?,29?,30-/m0/s1. The Bertz CT molecular complexity index is 1310. The number of nitrogens with zero attached hydrogens (tertiary/aromatic N) is 3. The van der Waals surface area contributed by atoms with Crippen LogP contribution >= 0.6 is 11.6 Å². The Hall–Kier alpha value is -3.83. The van der Waals surface area contributed by atoms with E-state index in [-0.39, 0.29) is 18.0 Å². The highest BCUT2D eigenvalue weighted by Gasteiger charge is 2.24. The van der Waals surface area contributed by atoms with Gasteiger partial charge in [-0.1, -0.05) is 48.0 Å². The SMILES string of the molecule is CC(N[C@@H](CC#N)c1ccc(-n2cccc2)cc1)C(Cc1ccc(Cl)cc1)c1cccc(C#N)c1. The third-order valence-electron chi connectivity index (χ3n) is 6.37. The predicted molar refractivity (Wildman–Crippen MR) is 140 cm³/mol. The summed E-state index contributed by atoms with van der Waals surface area (Å²) >= 11 is 6.10. The van der Waals surface area contributed by atoms with Crippen LogP contribution in [0.1, 0.15) is 47.6 Å². The fourth-order valence-electron chi connectivity index (χ4n) is 4.48. The van der Waals surface area contributed by atoms with Gasteiger partial charge in [-0.05, 0) is 78.6 Å². The number of nitrogens with one attached hydrogen (secondary N) is 1. The van der Waals surface area contributed by atoms with Gasteiger partial charge in [0.05, 0.1) is 24.1 Å². The Balaban J connectivity index is 1.60. The van der Waals surface area contributed by atoms with E-state index in [2.05, 4.69) is 59.3 Å². The molecule has 0 aliphatic rings. The van der Waals surface area contributed by atoms with Crippen molar-refractivity contribution in [2.45, 2.75) is 37.8 Å². The normalized spacial score (nSPS) is 13.4. The summed E-state index contributed by atoms with van der Waals surface area (Å²) in [5, 5.41) is 23.4. The fourth-order valence-corrected chi connectivity index (χ4v) is 4.61. The maximum atomic E-state index is 9.56. The van der Waals surface area contributed by atoms with Crippen LogP contribution in [0.4, 0.5) is 0 Å². The predicted octanol–water partition coefficient (Wildman–Crippen LogP) is 6.96. The van der Waals surface area contributed by atoms with Crippen LogP contribution in [-0.2, 0) is 6.42 Å². The van der Waals surface area contributed by atoms with Crippen LogP contribution in [0.5, 0.6) is 0 Å². The highest BCUT2D eigenvalue weighted by Crippen LogP contribution is 2.29. The van der Waals surface area contributed by atoms with E-state index in [1.165, 1.54) is 5.56 Å². The summed E-state index contributed by atoms with van der Waals surface area (Å²) < 4.78 is 2.06. The summed E-state index contributed by atoms with van der Waals surface area (Å²) in [5.41, 5.74) is 5.06. The van der Waals surface area contributed by atoms with E-state index >= 15 is 0 Å². The van der Waals surface area contributed by atoms with Crippen LogP contribution < -0.4 is 5.32 Å². The molecule has 0 fully saturated rings. The molecule has 0 amide bonds. The van der Waals surface area contributed by atoms with Gasteiger partial charge in [0.15, 0.2) is 0 Å². The Kier molecular flexibility index (Phi) is 8.01. The molecule has 0 aliphatic carbocycles. The average Bonchev–Trinajstić information content (AvgIpc) is 3.43. The van der Waals surface area contributed by atoms with Crippen molar-refractivity contribution >= 4 is 11.6 Å². The molecule has 0 saturated heterocycles. The molecule has 174 valence electrons. The molecule has 1 aromatic heterocycles. The van der Waals surface area contributed by atoms with E-state index in [0.717, 1.165) is 23.2 Å². The van der Waals surface area contributed by atoms with E-state index in [4.69, 9.17) is 11.6 Å². The van der Waals surface area contributed by atoms with Crippen molar-refractivity contribution in [3.05, 3.63) is 125 Å². The minimum atomic E-state index is -0.111. The highest BCUT2D eigenvalue weighted by molar-refractivity contribution is 6.30. The second-order valence-electron chi connectivity index (χ2n) is 8.73. The summed E-state index contributed by atoms with van der Waals surface area (Å²) in [4.78, 5) is 0. The molecule has 0 spiro atoms. The van der Waals surface area contributed by atoms with Gasteiger partial charge in [-0.2, -0.15) is 10.5 Å². The second-order valence-corrected chi connectivity index (χ2v) is 9.16. The molecule has 0 saturated carbocycles. The molecule has 1 N–H and O–H groups in total. The first kappa shape index (κ1) is 24.3. The summed E-state index contributed by atoms with van der Waals surface area (Å²) in [6.07, 6.45) is 5.17. The van der Waals surface area contributed by atoms with E-state index in [0.29, 0.717) is 17.0 Å². The van der Waals surface area contributed by atoms with Gasteiger partial charge in [0.25, 0.3) is 0 Å². The largest absolute Gasteiger partial charge is 0.324 e. The Morgan fingerprint density at radius 2 is 1.60 bits per heavy atom. The van der Waals surface area contributed by atoms with Crippen LogP contribution in [0.25, 0.3) is 5.69 Å². The molecule has 3 aromatic carbocycles. The lowest BCUT2D eigenvalue weighted by atomic mass is 9.85. The van der Waals surface area contributed by atoms with Crippen molar-refractivity contribution in [3.63, 3.8) is 0 Å². The van der Waals surface area contributed by atoms with Gasteiger partial charge in [0.1, 0.15) is 0 Å². The fraction of sp³-hybridized carbons (Fsp3) is 0.200. The third-order valence-corrected chi connectivity index (χ3v) is 6.63. The van der Waals surface area contributed by atoms with Crippen molar-refractivity contribution < 1.29 is 0 Å². The quantitative estimate of drug-likeness (QED) is 0.282. The van der Waals surface area contributed by atoms with Crippen LogP contribution in [0.3, 0.4) is 0 Å². The Labute approximate surface area is 212 Å². The maximum Gasteiger partial charge on any atom is 0.0991 e. The topological polar surface area (TPSA) is 64.5 Å². The lowest BCUT2D eigenvalue weighted by molar-refractivity contribution is 0.401. The van der Waals surface area contributed by atoms with Gasteiger partial charge < -0.3 is 9.88 Å². The minimum Gasteiger partial charge on any atom is -0.324 e. The zero-order chi connectivity index (χ0) is 24.6. The first-order valence-corrected chi connectivity index (χ1v) is 12.1. The number of hydrogen-bond donors (Lipinski definition) is 1. The Morgan fingerprint density at radius 1 is 0.886 bits per heavy atom. The van der Waals surface area contributed by atoms with Crippen LogP contribution in [0, 0.1) is 22.7 Å². The molecule has 1 heterocycles. The van der Waals surface area contributed by atoms with Gasteiger partial charge >= 0.3 is 0 Å². The maximum absolute atomic E-state index is 9.56. The van der Waals surface area contributed by atoms with Crippen molar-refractivity contribution in [1.29, 1.82) is 10.5 Å². The van der Waals surface area contributed by atoms with E-state index in [1.54, 1.807) is 0 Å². The molecule has 4 rings (SSSR count). The van der Waals surface area contributed by atoms with Crippen molar-refractivity contribution in [1.82, 2.24) is 9.88 Å². The Morgan fingerprint density at radius 3 is 2.26 bits per heavy atom. The number of halogens is 1. The van der Waals surface area contributed by atoms with Gasteiger partial charge in [-0.15, -0.1) is 0 Å². The van der Waals surface area contributed by atoms with E-state index in [1.807, 2.05) is 67.0 Å².